The van der Waals surface area contributed by atoms with Crippen LogP contribution in [0.5, 0.6) is 0 Å². The molecule has 0 aromatic rings. The van der Waals surface area contributed by atoms with Crippen LogP contribution in [0, 0.1) is 11.3 Å². The largest absolute Gasteiger partial charge is 0.291 e. The van der Waals surface area contributed by atoms with Gasteiger partial charge < -0.3 is 0 Å². The SMILES string of the molecule is CC1CC(C#N)(N(C)C)CS1. The van der Waals surface area contributed by atoms with Gasteiger partial charge in [-0.05, 0) is 20.5 Å². The van der Waals surface area contributed by atoms with Crippen LogP contribution >= 0.6 is 11.8 Å². The van der Waals surface area contributed by atoms with Crippen LogP contribution in [0.15, 0.2) is 0 Å². The molecule has 0 saturated carbocycles. The van der Waals surface area contributed by atoms with Gasteiger partial charge in [0.05, 0.1) is 6.07 Å². The maximum absolute atomic E-state index is 9.00. The predicted octanol–water partition coefficient (Wildman–Crippen LogP) is 1.34. The Morgan fingerprint density at radius 1 is 1.64 bits per heavy atom. The van der Waals surface area contributed by atoms with E-state index in [0.29, 0.717) is 5.25 Å². The second-order valence-electron chi connectivity index (χ2n) is 3.36. The van der Waals surface area contributed by atoms with Gasteiger partial charge in [0.1, 0.15) is 5.54 Å². The van der Waals surface area contributed by atoms with Crippen LogP contribution in [0.3, 0.4) is 0 Å². The number of nitrogens with zero attached hydrogens (tertiary/aromatic N) is 2. The average Bonchev–Trinajstić information content (AvgIpc) is 2.33. The molecule has 2 atom stereocenters. The fourth-order valence-corrected chi connectivity index (χ4v) is 2.76. The van der Waals surface area contributed by atoms with Gasteiger partial charge in [0.25, 0.3) is 0 Å². The molecule has 0 spiro atoms. The molecule has 1 aliphatic heterocycles. The van der Waals surface area contributed by atoms with Crippen molar-refractivity contribution in [3.05, 3.63) is 0 Å². The van der Waals surface area contributed by atoms with Crippen LogP contribution < -0.4 is 0 Å². The zero-order chi connectivity index (χ0) is 8.48. The molecular formula is C8H14N2S. The van der Waals surface area contributed by atoms with Gasteiger partial charge in [0.15, 0.2) is 0 Å². The van der Waals surface area contributed by atoms with E-state index in [2.05, 4.69) is 13.0 Å². The zero-order valence-electron chi connectivity index (χ0n) is 7.29. The van der Waals surface area contributed by atoms with Crippen LogP contribution in [-0.4, -0.2) is 35.5 Å². The highest BCUT2D eigenvalue weighted by atomic mass is 32.2. The molecule has 0 aromatic carbocycles. The number of thioether (sulfide) groups is 1. The van der Waals surface area contributed by atoms with Crippen molar-refractivity contribution in [1.82, 2.24) is 4.90 Å². The van der Waals surface area contributed by atoms with Crippen molar-refractivity contribution in [2.45, 2.75) is 24.1 Å². The molecule has 0 N–H and O–H groups in total. The van der Waals surface area contributed by atoms with Crippen LogP contribution in [0.25, 0.3) is 0 Å². The lowest BCUT2D eigenvalue weighted by Gasteiger charge is -2.27. The van der Waals surface area contributed by atoms with Crippen molar-refractivity contribution in [3.8, 4) is 6.07 Å². The Morgan fingerprint density at radius 2 is 2.27 bits per heavy atom. The van der Waals surface area contributed by atoms with Gasteiger partial charge >= 0.3 is 0 Å². The molecule has 2 nitrogen and oxygen atoms in total. The van der Waals surface area contributed by atoms with E-state index in [-0.39, 0.29) is 5.54 Å². The molecule has 3 heteroatoms. The summed E-state index contributed by atoms with van der Waals surface area (Å²) in [7, 11) is 3.98. The molecule has 0 amide bonds. The van der Waals surface area contributed by atoms with Crippen molar-refractivity contribution in [1.29, 1.82) is 5.26 Å². The second-order valence-corrected chi connectivity index (χ2v) is 4.79. The molecule has 0 aromatic heterocycles. The highest BCUT2D eigenvalue weighted by molar-refractivity contribution is 8.00. The highest BCUT2D eigenvalue weighted by Gasteiger charge is 2.40. The smallest absolute Gasteiger partial charge is 0.118 e. The Hall–Kier alpha value is -0.200. The maximum Gasteiger partial charge on any atom is 0.118 e. The summed E-state index contributed by atoms with van der Waals surface area (Å²) >= 11 is 1.89. The van der Waals surface area contributed by atoms with Crippen molar-refractivity contribution in [3.63, 3.8) is 0 Å². The topological polar surface area (TPSA) is 27.0 Å². The molecule has 0 bridgehead atoms. The fourth-order valence-electron chi connectivity index (χ4n) is 1.36. The molecule has 2 unspecified atom stereocenters. The molecule has 0 aliphatic carbocycles. The van der Waals surface area contributed by atoms with Crippen LogP contribution in [-0.2, 0) is 0 Å². The van der Waals surface area contributed by atoms with Gasteiger partial charge in [-0.1, -0.05) is 6.92 Å². The minimum absolute atomic E-state index is 0.190. The third-order valence-corrected chi connectivity index (χ3v) is 3.68. The number of rotatable bonds is 1. The lowest BCUT2D eigenvalue weighted by atomic mass is 9.97. The third-order valence-electron chi connectivity index (χ3n) is 2.30. The third kappa shape index (κ3) is 1.52. The van der Waals surface area contributed by atoms with Crippen LogP contribution in [0.1, 0.15) is 13.3 Å². The summed E-state index contributed by atoms with van der Waals surface area (Å²) < 4.78 is 0. The quantitative estimate of drug-likeness (QED) is 0.594. The summed E-state index contributed by atoms with van der Waals surface area (Å²) in [6, 6.07) is 2.41. The summed E-state index contributed by atoms with van der Waals surface area (Å²) in [5.74, 6) is 0.956. The first-order valence-electron chi connectivity index (χ1n) is 3.81. The molecule has 1 saturated heterocycles. The Balaban J connectivity index is 2.73. The van der Waals surface area contributed by atoms with E-state index in [1.807, 2.05) is 30.8 Å². The monoisotopic (exact) mass is 170 g/mol. The summed E-state index contributed by atoms with van der Waals surface area (Å²) in [5, 5.41) is 9.64. The first kappa shape index (κ1) is 8.89. The van der Waals surface area contributed by atoms with E-state index in [1.54, 1.807) is 0 Å². The normalized spacial score (nSPS) is 37.5. The second kappa shape index (κ2) is 3.04. The van der Waals surface area contributed by atoms with E-state index in [4.69, 9.17) is 5.26 Å². The number of hydrogen-bond acceptors (Lipinski definition) is 3. The minimum Gasteiger partial charge on any atom is -0.291 e. The van der Waals surface area contributed by atoms with Gasteiger partial charge in [-0.25, -0.2) is 0 Å². The highest BCUT2D eigenvalue weighted by Crippen LogP contribution is 2.36. The van der Waals surface area contributed by atoms with Crippen LogP contribution in [0.2, 0.25) is 0 Å². The van der Waals surface area contributed by atoms with Crippen molar-refractivity contribution >= 4 is 11.8 Å². The van der Waals surface area contributed by atoms with E-state index in [9.17, 15) is 0 Å². The van der Waals surface area contributed by atoms with Crippen molar-refractivity contribution < 1.29 is 0 Å². The predicted molar refractivity (Wildman–Crippen MR) is 48.6 cm³/mol. The van der Waals surface area contributed by atoms with Gasteiger partial charge in [-0.3, -0.25) is 4.90 Å². The summed E-state index contributed by atoms with van der Waals surface area (Å²) in [6.45, 7) is 2.19. The Labute approximate surface area is 72.6 Å². The molecule has 1 aliphatic rings. The first-order chi connectivity index (χ1) is 5.10. The summed E-state index contributed by atoms with van der Waals surface area (Å²) in [6.07, 6.45) is 1.00. The summed E-state index contributed by atoms with van der Waals surface area (Å²) in [5.41, 5.74) is -0.190. The first-order valence-corrected chi connectivity index (χ1v) is 4.86. The van der Waals surface area contributed by atoms with Crippen LogP contribution in [0.4, 0.5) is 0 Å². The summed E-state index contributed by atoms with van der Waals surface area (Å²) in [4.78, 5) is 2.05. The number of nitriles is 1. The molecular weight excluding hydrogens is 156 g/mol. The fraction of sp³-hybridized carbons (Fsp3) is 0.875. The standard InChI is InChI=1S/C8H14N2S/c1-7-4-8(5-9,6-11-7)10(2)3/h7H,4,6H2,1-3H3. The Morgan fingerprint density at radius 3 is 2.45 bits per heavy atom. The van der Waals surface area contributed by atoms with E-state index in [0.717, 1.165) is 12.2 Å². The van der Waals surface area contributed by atoms with E-state index in [1.165, 1.54) is 0 Å². The molecule has 62 valence electrons. The Bertz CT molecular complexity index is 185. The molecule has 1 fully saturated rings. The van der Waals surface area contributed by atoms with Crippen molar-refractivity contribution in [2.75, 3.05) is 19.8 Å². The van der Waals surface area contributed by atoms with Gasteiger partial charge in [0, 0.05) is 11.0 Å². The zero-order valence-corrected chi connectivity index (χ0v) is 8.11. The van der Waals surface area contributed by atoms with Gasteiger partial charge in [-0.2, -0.15) is 17.0 Å². The van der Waals surface area contributed by atoms with E-state index < -0.39 is 0 Å². The lowest BCUT2D eigenvalue weighted by Crippen LogP contribution is -2.43. The van der Waals surface area contributed by atoms with Gasteiger partial charge in [-0.15, -0.1) is 0 Å². The van der Waals surface area contributed by atoms with Crippen molar-refractivity contribution in [2.24, 2.45) is 0 Å². The minimum atomic E-state index is -0.190. The lowest BCUT2D eigenvalue weighted by molar-refractivity contribution is 0.238. The molecule has 0 radical (unpaired) electrons. The van der Waals surface area contributed by atoms with E-state index >= 15 is 0 Å². The number of hydrogen-bond donors (Lipinski definition) is 0. The maximum atomic E-state index is 9.00. The molecule has 11 heavy (non-hydrogen) atoms. The average molecular weight is 170 g/mol. The van der Waals surface area contributed by atoms with Gasteiger partial charge in [0.2, 0.25) is 0 Å². The molecule has 1 heterocycles. The Kier molecular flexibility index (Phi) is 2.46. The molecule has 1 rings (SSSR count).